The van der Waals surface area contributed by atoms with E-state index in [1.165, 1.54) is 17.6 Å². The second kappa shape index (κ2) is 11.7. The minimum atomic E-state index is -3.00. The van der Waals surface area contributed by atoms with E-state index in [0.29, 0.717) is 67.1 Å². The molecule has 4 aromatic heterocycles. The van der Waals surface area contributed by atoms with Gasteiger partial charge in [-0.1, -0.05) is 12.1 Å². The lowest BCUT2D eigenvalue weighted by Gasteiger charge is -2.27. The molecule has 0 spiro atoms. The summed E-state index contributed by atoms with van der Waals surface area (Å²) in [6.45, 7) is 4.48. The topological polar surface area (TPSA) is 132 Å². The Morgan fingerprint density at radius 3 is 2.67 bits per heavy atom. The number of morpholine rings is 1. The molecule has 42 heavy (non-hydrogen) atoms. The Hall–Kier alpha value is -4.07. The molecular formula is C29H30N6O5S2. The lowest BCUT2D eigenvalue weighted by atomic mass is 10.1. The number of aromatic nitrogens is 4. The van der Waals surface area contributed by atoms with Gasteiger partial charge >= 0.3 is 0 Å². The first-order chi connectivity index (χ1) is 20.2. The normalized spacial score (nSPS) is 14.0. The second-order valence-electron chi connectivity index (χ2n) is 10.2. The smallest absolute Gasteiger partial charge is 0.229 e. The molecule has 1 fully saturated rings. The number of hydrogen-bond acceptors (Lipinski definition) is 11. The molecule has 6 rings (SSSR count). The maximum Gasteiger partial charge on any atom is 0.229 e. The molecule has 0 amide bonds. The fraction of sp³-hybridized carbons (Fsp3) is 0.310. The number of benzene rings is 1. The second-order valence-corrected chi connectivity index (χ2v) is 13.4. The summed E-state index contributed by atoms with van der Waals surface area (Å²) in [7, 11) is -3.00. The van der Waals surface area contributed by atoms with Gasteiger partial charge in [-0.2, -0.15) is 10.1 Å². The number of sulfone groups is 1. The van der Waals surface area contributed by atoms with E-state index < -0.39 is 9.84 Å². The molecule has 0 unspecified atom stereocenters. The highest BCUT2D eigenvalue weighted by Gasteiger charge is 2.19. The van der Waals surface area contributed by atoms with E-state index in [1.807, 2.05) is 47.7 Å². The number of anilines is 3. The summed E-state index contributed by atoms with van der Waals surface area (Å²) in [5.74, 6) is 1.72. The fourth-order valence-electron chi connectivity index (χ4n) is 4.85. The molecule has 0 radical (unpaired) electrons. The van der Waals surface area contributed by atoms with Crippen molar-refractivity contribution in [3.05, 3.63) is 75.7 Å². The number of nitrogens with one attached hydrogen (secondary N) is 1. The van der Waals surface area contributed by atoms with Crippen LogP contribution in [0.4, 0.5) is 17.5 Å². The van der Waals surface area contributed by atoms with E-state index in [4.69, 9.17) is 9.15 Å². The van der Waals surface area contributed by atoms with Gasteiger partial charge in [0.25, 0.3) is 0 Å². The fourth-order valence-corrected chi connectivity index (χ4v) is 6.43. The highest BCUT2D eigenvalue weighted by molar-refractivity contribution is 7.90. The van der Waals surface area contributed by atoms with Crippen LogP contribution < -0.4 is 15.6 Å². The van der Waals surface area contributed by atoms with Crippen LogP contribution in [0.3, 0.4) is 0 Å². The van der Waals surface area contributed by atoms with Crippen LogP contribution >= 0.6 is 11.3 Å². The Bertz CT molecular complexity index is 1890. The Balaban J connectivity index is 1.18. The highest BCUT2D eigenvalue weighted by atomic mass is 32.2. The van der Waals surface area contributed by atoms with Crippen molar-refractivity contribution in [3.8, 4) is 16.9 Å². The number of nitrogens with zero attached hydrogens (tertiary/aromatic N) is 5. The van der Waals surface area contributed by atoms with Crippen LogP contribution in [0.25, 0.3) is 27.2 Å². The number of fused-ring (bicyclic) bond motifs is 1. The van der Waals surface area contributed by atoms with Crippen molar-refractivity contribution in [2.45, 2.75) is 19.8 Å². The minimum Gasteiger partial charge on any atom is -0.439 e. The van der Waals surface area contributed by atoms with Crippen LogP contribution in [-0.2, 0) is 21.0 Å². The van der Waals surface area contributed by atoms with Crippen molar-refractivity contribution in [1.82, 2.24) is 19.7 Å². The quantitative estimate of drug-likeness (QED) is 0.258. The van der Waals surface area contributed by atoms with Crippen molar-refractivity contribution < 1.29 is 17.6 Å². The van der Waals surface area contributed by atoms with Gasteiger partial charge in [0.2, 0.25) is 11.4 Å². The van der Waals surface area contributed by atoms with Gasteiger partial charge in [-0.25, -0.2) is 18.1 Å². The molecule has 0 aliphatic carbocycles. The van der Waals surface area contributed by atoms with Crippen molar-refractivity contribution in [3.63, 3.8) is 0 Å². The predicted octanol–water partition coefficient (Wildman–Crippen LogP) is 4.36. The molecule has 5 heterocycles. The zero-order valence-electron chi connectivity index (χ0n) is 23.2. The first-order valence-corrected chi connectivity index (χ1v) is 16.5. The molecule has 13 heteroatoms. The van der Waals surface area contributed by atoms with Gasteiger partial charge in [0.05, 0.1) is 24.7 Å². The van der Waals surface area contributed by atoms with Gasteiger partial charge in [0.15, 0.2) is 17.3 Å². The Morgan fingerprint density at radius 1 is 1.12 bits per heavy atom. The van der Waals surface area contributed by atoms with Gasteiger partial charge in [-0.15, -0.1) is 11.3 Å². The molecule has 1 N–H and O–H groups in total. The van der Waals surface area contributed by atoms with Crippen LogP contribution in [0.15, 0.2) is 63.4 Å². The van der Waals surface area contributed by atoms with Crippen molar-refractivity contribution in [2.75, 3.05) is 48.5 Å². The average molecular weight is 607 g/mol. The Labute approximate surface area is 246 Å². The summed E-state index contributed by atoms with van der Waals surface area (Å²) in [4.78, 5) is 23.8. The first kappa shape index (κ1) is 28.1. The summed E-state index contributed by atoms with van der Waals surface area (Å²) < 4.78 is 36.9. The lowest BCUT2D eigenvalue weighted by Crippen LogP contribution is -2.36. The van der Waals surface area contributed by atoms with Crippen LogP contribution in [-0.4, -0.2) is 66.5 Å². The molecule has 1 aliphatic heterocycles. The van der Waals surface area contributed by atoms with Crippen molar-refractivity contribution in [1.29, 1.82) is 0 Å². The third-order valence-electron chi connectivity index (χ3n) is 7.04. The van der Waals surface area contributed by atoms with Gasteiger partial charge < -0.3 is 19.4 Å². The molecule has 0 atom stereocenters. The van der Waals surface area contributed by atoms with Crippen LogP contribution in [0.2, 0.25) is 0 Å². The molecule has 1 aliphatic rings. The highest BCUT2D eigenvalue weighted by Crippen LogP contribution is 2.35. The predicted molar refractivity (Wildman–Crippen MR) is 164 cm³/mol. The molecule has 0 bridgehead atoms. The summed E-state index contributed by atoms with van der Waals surface area (Å²) >= 11 is 1.38. The summed E-state index contributed by atoms with van der Waals surface area (Å²) in [5, 5.41) is 9.75. The third-order valence-corrected chi connectivity index (χ3v) is 9.05. The minimum absolute atomic E-state index is 0.0438. The Morgan fingerprint density at radius 2 is 1.90 bits per heavy atom. The maximum absolute atomic E-state index is 12.8. The molecular weight excluding hydrogens is 576 g/mol. The number of ether oxygens (including phenoxy) is 1. The third kappa shape index (κ3) is 6.22. The van der Waals surface area contributed by atoms with Gasteiger partial charge in [0, 0.05) is 60.5 Å². The largest absolute Gasteiger partial charge is 0.439 e. The molecule has 218 valence electrons. The number of hydrogen-bond donors (Lipinski definition) is 1. The van der Waals surface area contributed by atoms with Gasteiger partial charge in [-0.05, 0) is 43.0 Å². The van der Waals surface area contributed by atoms with E-state index in [2.05, 4.69) is 20.4 Å². The Kier molecular flexibility index (Phi) is 7.80. The van der Waals surface area contributed by atoms with Crippen molar-refractivity contribution in [2.24, 2.45) is 0 Å². The maximum atomic E-state index is 12.8. The lowest BCUT2D eigenvalue weighted by molar-refractivity contribution is 0.121. The first-order valence-electron chi connectivity index (χ1n) is 13.6. The summed E-state index contributed by atoms with van der Waals surface area (Å²) in [6, 6.07) is 11.1. The van der Waals surface area contributed by atoms with E-state index in [9.17, 15) is 13.2 Å². The number of rotatable bonds is 9. The molecule has 1 aromatic carbocycles. The van der Waals surface area contributed by atoms with Gasteiger partial charge in [-0.3, -0.25) is 4.79 Å². The van der Waals surface area contributed by atoms with Gasteiger partial charge in [0.1, 0.15) is 14.5 Å². The SMILES string of the molecule is Cc1nn(-c2ccnc(Nc3ccc(-c4csc5c(=O)cc(N6CCOCC6)oc45)cc3)n2)cc1CCCS(C)(=O)=O. The zero-order valence-corrected chi connectivity index (χ0v) is 24.9. The number of thiophene rings is 1. The van der Waals surface area contributed by atoms with Crippen LogP contribution in [0.5, 0.6) is 0 Å². The number of aryl methyl sites for hydroxylation is 2. The summed E-state index contributed by atoms with van der Waals surface area (Å²) in [5.41, 5.74) is 4.96. The van der Waals surface area contributed by atoms with Crippen LogP contribution in [0, 0.1) is 6.92 Å². The zero-order chi connectivity index (χ0) is 29.3. The average Bonchev–Trinajstić information content (AvgIpc) is 3.57. The molecule has 0 saturated carbocycles. The van der Waals surface area contributed by atoms with E-state index in [1.54, 1.807) is 23.0 Å². The molecule has 11 nitrogen and oxygen atoms in total. The van der Waals surface area contributed by atoms with Crippen molar-refractivity contribution >= 4 is 49.0 Å². The molecule has 1 saturated heterocycles. The van der Waals surface area contributed by atoms with E-state index in [0.717, 1.165) is 28.1 Å². The standard InChI is InChI=1S/C29H30N6O5S2/c1-19-21(4-3-15-42(2,37)38)17-35(33-19)25-9-10-30-29(32-25)31-22-7-5-20(6-8-22)23-18-41-28-24(36)16-26(40-27(23)28)34-11-13-39-14-12-34/h5-10,16-18H,3-4,11-15H2,1-2H3,(H,30,31,32). The summed E-state index contributed by atoms with van der Waals surface area (Å²) in [6.07, 6.45) is 5.95. The molecule has 5 aromatic rings. The van der Waals surface area contributed by atoms with E-state index in [-0.39, 0.29) is 11.2 Å². The monoisotopic (exact) mass is 606 g/mol. The van der Waals surface area contributed by atoms with E-state index >= 15 is 0 Å². The van der Waals surface area contributed by atoms with Crippen LogP contribution in [0.1, 0.15) is 17.7 Å².